The molecule has 0 saturated heterocycles. The minimum atomic E-state index is -0.642. The standard InChI is InChI=1S/C22H23FN2O2/c1-14-12-17-15(8-11-25-21(17)26)13-20(14)27-16-6-9-22(24,10-7-16)18-4-2-3-5-19(18)23/h2-5,8,11-13,16H,6-7,9-10,24H2,1H3,(H,25,26)/t16-,22-. The molecular formula is C22H23FN2O2. The number of ether oxygens (including phenoxy) is 1. The number of hydrogen-bond donors (Lipinski definition) is 2. The molecule has 0 bridgehead atoms. The zero-order valence-corrected chi connectivity index (χ0v) is 15.3. The summed E-state index contributed by atoms with van der Waals surface area (Å²) in [5.74, 6) is 0.545. The number of nitrogens with one attached hydrogen (secondary N) is 1. The Bertz CT molecular complexity index is 1040. The number of benzene rings is 2. The van der Waals surface area contributed by atoms with Crippen molar-refractivity contribution in [1.29, 1.82) is 0 Å². The van der Waals surface area contributed by atoms with E-state index in [9.17, 15) is 9.18 Å². The van der Waals surface area contributed by atoms with Gasteiger partial charge in [0.25, 0.3) is 5.56 Å². The molecule has 0 radical (unpaired) electrons. The first-order chi connectivity index (χ1) is 13.0. The lowest BCUT2D eigenvalue weighted by Gasteiger charge is -2.38. The van der Waals surface area contributed by atoms with E-state index in [4.69, 9.17) is 10.5 Å². The number of nitrogens with two attached hydrogens (primary N) is 1. The van der Waals surface area contributed by atoms with E-state index in [1.807, 2.05) is 31.2 Å². The van der Waals surface area contributed by atoms with Crippen LogP contribution in [0.1, 0.15) is 36.8 Å². The molecule has 1 aliphatic rings. The SMILES string of the molecule is Cc1cc2c(=O)[nH]ccc2cc1O[C@H]1CC[C@@](N)(c2ccccc2F)CC1. The van der Waals surface area contributed by atoms with Gasteiger partial charge in [0.05, 0.1) is 6.10 Å². The summed E-state index contributed by atoms with van der Waals surface area (Å²) in [4.78, 5) is 14.6. The molecule has 140 valence electrons. The first-order valence-corrected chi connectivity index (χ1v) is 9.29. The highest BCUT2D eigenvalue weighted by molar-refractivity contribution is 5.83. The average molecular weight is 366 g/mol. The quantitative estimate of drug-likeness (QED) is 0.732. The maximum absolute atomic E-state index is 14.2. The highest BCUT2D eigenvalue weighted by Crippen LogP contribution is 2.38. The van der Waals surface area contributed by atoms with Crippen LogP contribution in [0.2, 0.25) is 0 Å². The molecule has 1 aromatic heterocycles. The maximum atomic E-state index is 14.2. The van der Waals surface area contributed by atoms with E-state index in [1.54, 1.807) is 18.3 Å². The van der Waals surface area contributed by atoms with Crippen molar-refractivity contribution in [3.8, 4) is 5.75 Å². The van der Waals surface area contributed by atoms with Gasteiger partial charge in [-0.1, -0.05) is 18.2 Å². The number of pyridine rings is 1. The highest BCUT2D eigenvalue weighted by atomic mass is 19.1. The number of fused-ring (bicyclic) bond motifs is 1. The van der Waals surface area contributed by atoms with Crippen LogP contribution in [0.5, 0.6) is 5.75 Å². The van der Waals surface area contributed by atoms with Gasteiger partial charge in [0.15, 0.2) is 0 Å². The van der Waals surface area contributed by atoms with E-state index in [0.717, 1.165) is 29.5 Å². The molecule has 1 fully saturated rings. The summed E-state index contributed by atoms with van der Waals surface area (Å²) < 4.78 is 20.4. The monoisotopic (exact) mass is 366 g/mol. The van der Waals surface area contributed by atoms with Crippen molar-refractivity contribution >= 4 is 10.8 Å². The first kappa shape index (κ1) is 17.7. The molecule has 5 heteroatoms. The summed E-state index contributed by atoms with van der Waals surface area (Å²) in [6, 6.07) is 12.4. The Labute approximate surface area is 157 Å². The van der Waals surface area contributed by atoms with Gasteiger partial charge >= 0.3 is 0 Å². The number of aromatic nitrogens is 1. The zero-order chi connectivity index (χ0) is 19.0. The smallest absolute Gasteiger partial charge is 0.255 e. The molecule has 4 rings (SSSR count). The second-order valence-electron chi connectivity index (χ2n) is 7.46. The highest BCUT2D eigenvalue weighted by Gasteiger charge is 2.35. The third-order valence-electron chi connectivity index (χ3n) is 5.60. The minimum Gasteiger partial charge on any atom is -0.490 e. The van der Waals surface area contributed by atoms with Gasteiger partial charge in [0.1, 0.15) is 11.6 Å². The molecule has 1 aliphatic carbocycles. The molecule has 4 nitrogen and oxygen atoms in total. The first-order valence-electron chi connectivity index (χ1n) is 9.29. The Kier molecular flexibility index (Phi) is 4.48. The minimum absolute atomic E-state index is 0.0339. The molecule has 3 aromatic rings. The number of H-pyrrole nitrogens is 1. The largest absolute Gasteiger partial charge is 0.490 e. The predicted molar refractivity (Wildman–Crippen MR) is 104 cm³/mol. The number of hydrogen-bond acceptors (Lipinski definition) is 3. The van der Waals surface area contributed by atoms with Crippen molar-refractivity contribution in [2.75, 3.05) is 0 Å². The Morgan fingerprint density at radius 1 is 1.19 bits per heavy atom. The third kappa shape index (κ3) is 3.35. The van der Waals surface area contributed by atoms with Gasteiger partial charge in [-0.05, 0) is 67.8 Å². The molecule has 2 aromatic carbocycles. The van der Waals surface area contributed by atoms with Crippen molar-refractivity contribution in [3.63, 3.8) is 0 Å². The molecule has 0 atom stereocenters. The normalized spacial score (nSPS) is 22.7. The van der Waals surface area contributed by atoms with E-state index in [2.05, 4.69) is 4.98 Å². The molecule has 0 spiro atoms. The Hall–Kier alpha value is -2.66. The van der Waals surface area contributed by atoms with Gasteiger partial charge in [-0.25, -0.2) is 4.39 Å². The van der Waals surface area contributed by atoms with Crippen LogP contribution >= 0.6 is 0 Å². The van der Waals surface area contributed by atoms with Gasteiger partial charge in [0, 0.05) is 22.7 Å². The molecule has 1 heterocycles. The number of rotatable bonds is 3. The summed E-state index contributed by atoms with van der Waals surface area (Å²) in [6.45, 7) is 1.94. The Balaban J connectivity index is 1.51. The van der Waals surface area contributed by atoms with E-state index < -0.39 is 5.54 Å². The molecule has 0 aliphatic heterocycles. The van der Waals surface area contributed by atoms with Crippen LogP contribution in [-0.2, 0) is 5.54 Å². The maximum Gasteiger partial charge on any atom is 0.255 e. The van der Waals surface area contributed by atoms with Crippen molar-refractivity contribution < 1.29 is 9.13 Å². The summed E-state index contributed by atoms with van der Waals surface area (Å²) in [5, 5.41) is 1.52. The van der Waals surface area contributed by atoms with E-state index >= 15 is 0 Å². The number of halogens is 1. The Morgan fingerprint density at radius 3 is 2.67 bits per heavy atom. The van der Waals surface area contributed by atoms with Crippen LogP contribution in [0.4, 0.5) is 4.39 Å². The van der Waals surface area contributed by atoms with Crippen molar-refractivity contribution in [2.45, 2.75) is 44.2 Å². The van der Waals surface area contributed by atoms with Crippen molar-refractivity contribution in [1.82, 2.24) is 4.98 Å². The lowest BCUT2D eigenvalue weighted by atomic mass is 9.76. The molecule has 27 heavy (non-hydrogen) atoms. The molecule has 3 N–H and O–H groups in total. The topological polar surface area (TPSA) is 68.1 Å². The average Bonchev–Trinajstić information content (AvgIpc) is 2.65. The molecule has 0 unspecified atom stereocenters. The van der Waals surface area contributed by atoms with Crippen LogP contribution in [0, 0.1) is 12.7 Å². The second kappa shape index (κ2) is 6.82. The fourth-order valence-electron chi connectivity index (χ4n) is 3.99. The van der Waals surface area contributed by atoms with Crippen LogP contribution in [0.25, 0.3) is 10.8 Å². The van der Waals surface area contributed by atoms with Gasteiger partial charge in [-0.3, -0.25) is 4.79 Å². The van der Waals surface area contributed by atoms with Gasteiger partial charge in [0.2, 0.25) is 0 Å². The summed E-state index contributed by atoms with van der Waals surface area (Å²) in [7, 11) is 0. The number of aromatic amines is 1. The van der Waals surface area contributed by atoms with Crippen LogP contribution in [0.3, 0.4) is 0 Å². The summed E-state index contributed by atoms with van der Waals surface area (Å²) in [5.41, 5.74) is 7.30. The fourth-order valence-corrected chi connectivity index (χ4v) is 3.99. The molecule has 1 saturated carbocycles. The van der Waals surface area contributed by atoms with Gasteiger partial charge < -0.3 is 15.5 Å². The van der Waals surface area contributed by atoms with E-state index in [-0.39, 0.29) is 17.5 Å². The summed E-state index contributed by atoms with van der Waals surface area (Å²) >= 11 is 0. The van der Waals surface area contributed by atoms with Crippen LogP contribution in [-0.4, -0.2) is 11.1 Å². The van der Waals surface area contributed by atoms with Crippen molar-refractivity contribution in [2.24, 2.45) is 5.73 Å². The Morgan fingerprint density at radius 2 is 1.93 bits per heavy atom. The number of aryl methyl sites for hydroxylation is 1. The zero-order valence-electron chi connectivity index (χ0n) is 15.3. The lowest BCUT2D eigenvalue weighted by Crippen LogP contribution is -2.43. The van der Waals surface area contributed by atoms with Crippen molar-refractivity contribution in [3.05, 3.63) is 76.0 Å². The van der Waals surface area contributed by atoms with E-state index in [1.165, 1.54) is 6.07 Å². The van der Waals surface area contributed by atoms with E-state index in [0.29, 0.717) is 23.8 Å². The third-order valence-corrected chi connectivity index (χ3v) is 5.60. The molecule has 0 amide bonds. The van der Waals surface area contributed by atoms with Crippen LogP contribution < -0.4 is 16.0 Å². The summed E-state index contributed by atoms with van der Waals surface area (Å²) in [6.07, 6.45) is 4.54. The van der Waals surface area contributed by atoms with Gasteiger partial charge in [-0.2, -0.15) is 0 Å². The molecular weight excluding hydrogens is 343 g/mol. The van der Waals surface area contributed by atoms with Gasteiger partial charge in [-0.15, -0.1) is 0 Å². The predicted octanol–water partition coefficient (Wildman–Crippen LogP) is 4.15. The second-order valence-corrected chi connectivity index (χ2v) is 7.46. The lowest BCUT2D eigenvalue weighted by molar-refractivity contribution is 0.116. The fraction of sp³-hybridized carbons (Fsp3) is 0.318. The van der Waals surface area contributed by atoms with Crippen LogP contribution in [0.15, 0.2) is 53.5 Å².